The second-order valence-electron chi connectivity index (χ2n) is 5.17. The van der Waals surface area contributed by atoms with Gasteiger partial charge in [-0.25, -0.2) is 9.97 Å². The Hall–Kier alpha value is -2.75. The minimum absolute atomic E-state index is 0.0345. The van der Waals surface area contributed by atoms with Crippen LogP contribution in [0.4, 0.5) is 18.9 Å². The van der Waals surface area contributed by atoms with Gasteiger partial charge in [-0.1, -0.05) is 0 Å². The van der Waals surface area contributed by atoms with Crippen molar-refractivity contribution in [2.75, 3.05) is 12.4 Å². The molecular weight excluding hydrogens is 419 g/mol. The predicted octanol–water partition coefficient (Wildman–Crippen LogP) is 3.60. The molecule has 0 atom stereocenters. The number of hydrogen-bond donors (Lipinski definition) is 1. The quantitative estimate of drug-likeness (QED) is 0.805. The van der Waals surface area contributed by atoms with Gasteiger partial charge in [0.05, 0.1) is 22.7 Å². The Labute approximate surface area is 153 Å². The maximum absolute atomic E-state index is 13.1. The Kier molecular flexibility index (Phi) is 4.53. The predicted molar refractivity (Wildman–Crippen MR) is 88.3 cm³/mol. The van der Waals surface area contributed by atoms with Crippen molar-refractivity contribution >= 4 is 33.2 Å². The SMILES string of the molecule is COc1ccc(NC2=C(Br)C(=O)c3ncncc3C2=O)cc1C(F)(F)F. The monoisotopic (exact) mass is 427 g/mol. The molecule has 26 heavy (non-hydrogen) atoms. The third kappa shape index (κ3) is 3.07. The summed E-state index contributed by atoms with van der Waals surface area (Å²) in [6, 6.07) is 3.21. The highest BCUT2D eigenvalue weighted by Crippen LogP contribution is 2.38. The smallest absolute Gasteiger partial charge is 0.420 e. The lowest BCUT2D eigenvalue weighted by atomic mass is 9.98. The average molecular weight is 428 g/mol. The molecule has 0 amide bonds. The lowest BCUT2D eigenvalue weighted by Gasteiger charge is -2.19. The van der Waals surface area contributed by atoms with E-state index >= 15 is 0 Å². The number of carbonyl (C=O) groups excluding carboxylic acids is 2. The van der Waals surface area contributed by atoms with Gasteiger partial charge in [0.25, 0.3) is 0 Å². The van der Waals surface area contributed by atoms with Gasteiger partial charge in [-0.05, 0) is 34.1 Å². The number of allylic oxidation sites excluding steroid dienone is 2. The Bertz CT molecular complexity index is 957. The third-order valence-electron chi connectivity index (χ3n) is 3.59. The van der Waals surface area contributed by atoms with Crippen molar-refractivity contribution in [2.24, 2.45) is 0 Å². The molecular formula is C16H9BrF3N3O3. The zero-order valence-electron chi connectivity index (χ0n) is 13.0. The molecule has 0 unspecified atom stereocenters. The number of aromatic nitrogens is 2. The first-order chi connectivity index (χ1) is 12.2. The van der Waals surface area contributed by atoms with Gasteiger partial charge < -0.3 is 10.1 Å². The van der Waals surface area contributed by atoms with Crippen LogP contribution in [0.15, 0.2) is 40.9 Å². The lowest BCUT2D eigenvalue weighted by Crippen LogP contribution is -2.25. The molecule has 0 fully saturated rings. The molecule has 0 bridgehead atoms. The van der Waals surface area contributed by atoms with Crippen molar-refractivity contribution in [3.05, 3.63) is 57.7 Å². The average Bonchev–Trinajstić information content (AvgIpc) is 2.62. The molecule has 0 saturated carbocycles. The Balaban J connectivity index is 2.03. The number of nitrogens with one attached hydrogen (secondary N) is 1. The Morgan fingerprint density at radius 2 is 1.92 bits per heavy atom. The van der Waals surface area contributed by atoms with Gasteiger partial charge in [-0.3, -0.25) is 9.59 Å². The Morgan fingerprint density at radius 3 is 2.58 bits per heavy atom. The summed E-state index contributed by atoms with van der Waals surface area (Å²) in [4.78, 5) is 32.3. The van der Waals surface area contributed by atoms with Crippen LogP contribution in [-0.4, -0.2) is 28.6 Å². The van der Waals surface area contributed by atoms with Crippen LogP contribution >= 0.6 is 15.9 Å². The second kappa shape index (κ2) is 6.52. The van der Waals surface area contributed by atoms with Crippen LogP contribution in [0.25, 0.3) is 0 Å². The summed E-state index contributed by atoms with van der Waals surface area (Å²) in [6.07, 6.45) is -2.35. The number of fused-ring (bicyclic) bond motifs is 1. The topological polar surface area (TPSA) is 81.2 Å². The molecule has 1 aromatic heterocycles. The van der Waals surface area contributed by atoms with Crippen molar-refractivity contribution < 1.29 is 27.5 Å². The summed E-state index contributed by atoms with van der Waals surface area (Å²) in [7, 11) is 1.12. The van der Waals surface area contributed by atoms with Gasteiger partial charge in [0.15, 0.2) is 0 Å². The van der Waals surface area contributed by atoms with E-state index in [0.29, 0.717) is 0 Å². The number of methoxy groups -OCH3 is 1. The fourth-order valence-electron chi connectivity index (χ4n) is 2.39. The van der Waals surface area contributed by atoms with Crippen molar-refractivity contribution in [3.63, 3.8) is 0 Å². The van der Waals surface area contributed by atoms with Crippen molar-refractivity contribution in [1.82, 2.24) is 9.97 Å². The van der Waals surface area contributed by atoms with Crippen LogP contribution < -0.4 is 10.1 Å². The van der Waals surface area contributed by atoms with Crippen LogP contribution in [-0.2, 0) is 6.18 Å². The van der Waals surface area contributed by atoms with Crippen molar-refractivity contribution in [2.45, 2.75) is 6.18 Å². The maximum Gasteiger partial charge on any atom is 0.420 e. The number of halogens is 4. The molecule has 6 nitrogen and oxygen atoms in total. The number of anilines is 1. The molecule has 10 heteroatoms. The highest BCUT2D eigenvalue weighted by molar-refractivity contribution is 9.12. The summed E-state index contributed by atoms with van der Waals surface area (Å²) in [5.74, 6) is -1.55. The molecule has 1 aliphatic rings. The highest BCUT2D eigenvalue weighted by Gasteiger charge is 2.36. The van der Waals surface area contributed by atoms with Gasteiger partial charge in [-0.2, -0.15) is 13.2 Å². The van der Waals surface area contributed by atoms with Crippen LogP contribution in [0.1, 0.15) is 26.4 Å². The fraction of sp³-hybridized carbons (Fsp3) is 0.125. The second-order valence-corrected chi connectivity index (χ2v) is 5.96. The van der Waals surface area contributed by atoms with Crippen LogP contribution in [0.2, 0.25) is 0 Å². The summed E-state index contributed by atoms with van der Waals surface area (Å²) in [6.45, 7) is 0. The standard InChI is InChI=1S/C16H9BrF3N3O3/c1-26-10-3-2-7(4-9(10)16(18,19)20)23-13-11(17)15(25)12-8(14(13)24)5-21-6-22-12/h2-6,23H,1H3. The number of Topliss-reactive ketones (excluding diaryl/α,β-unsaturated/α-hetero) is 2. The zero-order valence-corrected chi connectivity index (χ0v) is 14.6. The minimum Gasteiger partial charge on any atom is -0.496 e. The summed E-state index contributed by atoms with van der Waals surface area (Å²) >= 11 is 3.01. The van der Waals surface area contributed by atoms with E-state index in [1.165, 1.54) is 12.3 Å². The fourth-order valence-corrected chi connectivity index (χ4v) is 2.86. The molecule has 1 aromatic carbocycles. The van der Waals surface area contributed by atoms with Crippen LogP contribution in [0.3, 0.4) is 0 Å². The van der Waals surface area contributed by atoms with Crippen LogP contribution in [0.5, 0.6) is 5.75 Å². The van der Waals surface area contributed by atoms with Gasteiger partial charge in [0.1, 0.15) is 23.5 Å². The van der Waals surface area contributed by atoms with E-state index in [2.05, 4.69) is 31.2 Å². The third-order valence-corrected chi connectivity index (χ3v) is 4.35. The lowest BCUT2D eigenvalue weighted by molar-refractivity contribution is -0.138. The molecule has 0 saturated heterocycles. The van der Waals surface area contributed by atoms with Gasteiger partial charge >= 0.3 is 6.18 Å². The number of ether oxygens (including phenoxy) is 1. The zero-order chi connectivity index (χ0) is 19.1. The summed E-state index contributed by atoms with van der Waals surface area (Å²) < 4.78 is 44.0. The van der Waals surface area contributed by atoms with E-state index in [1.54, 1.807) is 0 Å². The Morgan fingerprint density at radius 1 is 1.19 bits per heavy atom. The van der Waals surface area contributed by atoms with Crippen molar-refractivity contribution in [3.8, 4) is 5.75 Å². The number of nitrogens with zero attached hydrogens (tertiary/aromatic N) is 2. The van der Waals surface area contributed by atoms with Gasteiger partial charge in [0, 0.05) is 11.9 Å². The normalized spacial score (nSPS) is 14.3. The number of benzene rings is 1. The van der Waals surface area contributed by atoms with E-state index in [0.717, 1.165) is 25.6 Å². The number of hydrogen-bond acceptors (Lipinski definition) is 6. The molecule has 2 aromatic rings. The molecule has 1 N–H and O–H groups in total. The minimum atomic E-state index is -4.65. The first-order valence-corrected chi connectivity index (χ1v) is 7.84. The highest BCUT2D eigenvalue weighted by atomic mass is 79.9. The number of ketones is 2. The van der Waals surface area contributed by atoms with E-state index in [1.807, 2.05) is 0 Å². The molecule has 1 aliphatic carbocycles. The number of rotatable bonds is 3. The summed E-state index contributed by atoms with van der Waals surface area (Å²) in [5, 5.41) is 2.57. The molecule has 1 heterocycles. The van der Waals surface area contributed by atoms with E-state index in [4.69, 9.17) is 4.74 Å². The van der Waals surface area contributed by atoms with E-state index in [-0.39, 0.29) is 32.9 Å². The first kappa shape index (κ1) is 18.1. The molecule has 0 aliphatic heterocycles. The summed E-state index contributed by atoms with van der Waals surface area (Å²) in [5.41, 5.74) is -1.36. The van der Waals surface area contributed by atoms with E-state index in [9.17, 15) is 22.8 Å². The van der Waals surface area contributed by atoms with Crippen molar-refractivity contribution in [1.29, 1.82) is 0 Å². The molecule has 0 spiro atoms. The molecule has 134 valence electrons. The largest absolute Gasteiger partial charge is 0.496 e. The number of carbonyl (C=O) groups is 2. The first-order valence-electron chi connectivity index (χ1n) is 7.05. The van der Waals surface area contributed by atoms with Gasteiger partial charge in [0.2, 0.25) is 11.6 Å². The molecule has 3 rings (SSSR count). The number of alkyl halides is 3. The van der Waals surface area contributed by atoms with Crippen LogP contribution in [0, 0.1) is 0 Å². The van der Waals surface area contributed by atoms with E-state index < -0.39 is 23.3 Å². The maximum atomic E-state index is 13.1. The molecule has 0 radical (unpaired) electrons. The van der Waals surface area contributed by atoms with Gasteiger partial charge in [-0.15, -0.1) is 0 Å².